The molecule has 2 saturated heterocycles. The molecule has 0 radical (unpaired) electrons. The third kappa shape index (κ3) is 14.9. The first-order valence-electron chi connectivity index (χ1n) is 21.7. The van der Waals surface area contributed by atoms with Crippen molar-refractivity contribution in [3.8, 4) is 11.5 Å². The van der Waals surface area contributed by atoms with Gasteiger partial charge in [0.05, 0.1) is 28.4 Å². The van der Waals surface area contributed by atoms with Crippen LogP contribution in [0.5, 0.6) is 11.5 Å². The first kappa shape index (κ1) is 54.8. The number of hydrogen-bond donors (Lipinski definition) is 2. The summed E-state index contributed by atoms with van der Waals surface area (Å²) >= 11 is 0. The lowest BCUT2D eigenvalue weighted by atomic mass is 9.86. The van der Waals surface area contributed by atoms with E-state index >= 15 is 0 Å². The molecule has 18 heteroatoms. The van der Waals surface area contributed by atoms with Crippen molar-refractivity contribution in [2.75, 3.05) is 54.6 Å². The number of ether oxygens (including phenoxy) is 4. The summed E-state index contributed by atoms with van der Waals surface area (Å²) in [5.74, 6) is -3.81. The van der Waals surface area contributed by atoms with Crippen LogP contribution in [-0.4, -0.2) is 144 Å². The zero-order valence-electron chi connectivity index (χ0n) is 39.3. The van der Waals surface area contributed by atoms with Gasteiger partial charge in [0.1, 0.15) is 24.7 Å². The SMILES string of the molecule is CCCC(C)N1CCC(C(=O)OC)(N(OCc2ccccc2OC)C(C)=O)CC1.CCCC(C)N1CCC(C(=O)OC)(N(OCc2ccccc2OC)C(C)=O)CC1.O=C(O)C(=O)O. The first-order valence-corrected chi connectivity index (χ1v) is 21.7. The van der Waals surface area contributed by atoms with Crippen molar-refractivity contribution in [2.24, 2.45) is 0 Å². The molecule has 0 bridgehead atoms. The number of hydroxylamine groups is 4. The van der Waals surface area contributed by atoms with Gasteiger partial charge < -0.3 is 39.0 Å². The van der Waals surface area contributed by atoms with E-state index in [9.17, 15) is 19.2 Å². The van der Waals surface area contributed by atoms with Crippen LogP contribution in [0.4, 0.5) is 0 Å². The van der Waals surface area contributed by atoms with E-state index in [1.54, 1.807) is 14.2 Å². The van der Waals surface area contributed by atoms with E-state index in [0.29, 0.717) is 75.4 Å². The molecule has 2 unspecified atom stereocenters. The molecule has 2 aliphatic rings. The van der Waals surface area contributed by atoms with Gasteiger partial charge in [-0.3, -0.25) is 19.3 Å². The second-order valence-corrected chi connectivity index (χ2v) is 15.8. The minimum absolute atomic E-state index is 0.123. The van der Waals surface area contributed by atoms with E-state index in [2.05, 4.69) is 37.5 Å². The number of carboxylic acids is 2. The fraction of sp³-hybridized carbons (Fsp3) is 0.609. The molecule has 18 nitrogen and oxygen atoms in total. The number of rotatable bonds is 18. The highest BCUT2D eigenvalue weighted by molar-refractivity contribution is 6.27. The van der Waals surface area contributed by atoms with Crippen LogP contribution in [0.15, 0.2) is 48.5 Å². The van der Waals surface area contributed by atoms with Gasteiger partial charge in [-0.15, -0.1) is 0 Å². The van der Waals surface area contributed by atoms with Crippen LogP contribution in [0, 0.1) is 0 Å². The predicted molar refractivity (Wildman–Crippen MR) is 236 cm³/mol. The third-order valence-electron chi connectivity index (χ3n) is 11.7. The number of methoxy groups -OCH3 is 4. The lowest BCUT2D eigenvalue weighted by Gasteiger charge is -2.46. The van der Waals surface area contributed by atoms with Crippen LogP contribution in [0.2, 0.25) is 0 Å². The van der Waals surface area contributed by atoms with Crippen LogP contribution < -0.4 is 9.47 Å². The second kappa shape index (κ2) is 27.1. The van der Waals surface area contributed by atoms with Crippen LogP contribution in [0.1, 0.15) is 104 Å². The van der Waals surface area contributed by atoms with Gasteiger partial charge in [-0.05, 0) is 64.5 Å². The van der Waals surface area contributed by atoms with E-state index in [0.717, 1.165) is 36.8 Å². The summed E-state index contributed by atoms with van der Waals surface area (Å²) in [4.78, 5) is 85.5. The van der Waals surface area contributed by atoms with Gasteiger partial charge in [-0.1, -0.05) is 63.1 Å². The Morgan fingerprint density at radius 2 is 0.906 bits per heavy atom. The van der Waals surface area contributed by atoms with E-state index in [1.807, 2.05) is 48.5 Å². The summed E-state index contributed by atoms with van der Waals surface area (Å²) in [7, 11) is 5.89. The van der Waals surface area contributed by atoms with Gasteiger partial charge in [-0.2, -0.15) is 0 Å². The number of carboxylic acid groups (broad SMARTS) is 2. The Labute approximate surface area is 377 Å². The number of carbonyl (C=O) groups excluding carboxylic acids is 4. The van der Waals surface area contributed by atoms with Crippen LogP contribution in [-0.2, 0) is 61.1 Å². The number of nitrogens with zero attached hydrogens (tertiary/aromatic N) is 4. The third-order valence-corrected chi connectivity index (χ3v) is 11.7. The number of esters is 2. The minimum Gasteiger partial charge on any atom is -0.496 e. The molecule has 2 aromatic carbocycles. The van der Waals surface area contributed by atoms with Crippen molar-refractivity contribution in [3.63, 3.8) is 0 Å². The fourth-order valence-corrected chi connectivity index (χ4v) is 8.17. The molecule has 2 fully saturated rings. The number of para-hydroxylation sites is 2. The summed E-state index contributed by atoms with van der Waals surface area (Å²) in [6.07, 6.45) is 6.32. The smallest absolute Gasteiger partial charge is 0.414 e. The van der Waals surface area contributed by atoms with Gasteiger partial charge in [-0.25, -0.2) is 29.3 Å². The maximum atomic E-state index is 12.8. The van der Waals surface area contributed by atoms with Crippen molar-refractivity contribution in [1.82, 2.24) is 19.9 Å². The Bertz CT molecular complexity index is 1680. The highest BCUT2D eigenvalue weighted by Gasteiger charge is 2.52. The quantitative estimate of drug-likeness (QED) is 0.107. The molecule has 2 aliphatic heterocycles. The molecule has 358 valence electrons. The standard InChI is InChI=1S/2C22H34N2O5.C2H2O4/c2*1-6-9-17(2)23-14-12-22(13-15-23,21(26)28-5)24(18(3)25)29-16-19-10-7-8-11-20(19)27-4;3-1(4)2(5)6/h2*7-8,10-11,17H,6,9,12-16H2,1-5H3;(H,3,4)(H,5,6). The molecule has 2 N–H and O–H groups in total. The van der Waals surface area contributed by atoms with Crippen molar-refractivity contribution >= 4 is 35.7 Å². The van der Waals surface area contributed by atoms with E-state index in [1.165, 1.54) is 38.2 Å². The molecule has 2 atom stereocenters. The van der Waals surface area contributed by atoms with Crippen LogP contribution in [0.25, 0.3) is 0 Å². The summed E-state index contributed by atoms with van der Waals surface area (Å²) in [6.45, 7) is 14.6. The normalized spacial score (nSPS) is 16.5. The van der Waals surface area contributed by atoms with Gasteiger partial charge in [0, 0.05) is 63.2 Å². The highest BCUT2D eigenvalue weighted by Crippen LogP contribution is 2.35. The number of aliphatic carboxylic acids is 2. The van der Waals surface area contributed by atoms with Gasteiger partial charge in [0.25, 0.3) is 0 Å². The molecule has 0 spiro atoms. The molecule has 2 aromatic rings. The number of hydrogen-bond acceptors (Lipinski definition) is 14. The zero-order valence-corrected chi connectivity index (χ0v) is 39.3. The Hall–Kier alpha value is -5.30. The molecule has 0 aliphatic carbocycles. The number of piperidine rings is 2. The highest BCUT2D eigenvalue weighted by atomic mass is 16.7. The maximum absolute atomic E-state index is 12.8. The summed E-state index contributed by atoms with van der Waals surface area (Å²) in [6, 6.07) is 15.8. The van der Waals surface area contributed by atoms with Gasteiger partial charge >= 0.3 is 23.9 Å². The number of carbonyl (C=O) groups is 6. The molecular weight excluding hydrogens is 833 g/mol. The molecule has 64 heavy (non-hydrogen) atoms. The summed E-state index contributed by atoms with van der Waals surface area (Å²) < 4.78 is 20.9. The molecular formula is C46H70N4O14. The molecule has 2 amide bonds. The Balaban J connectivity index is 0.000000390. The lowest BCUT2D eigenvalue weighted by Crippen LogP contribution is -2.62. The lowest BCUT2D eigenvalue weighted by molar-refractivity contribution is -0.240. The average Bonchev–Trinajstić information content (AvgIpc) is 3.29. The van der Waals surface area contributed by atoms with Crippen molar-refractivity contribution < 1.29 is 67.6 Å². The maximum Gasteiger partial charge on any atom is 0.414 e. The number of likely N-dealkylation sites (tertiary alicyclic amines) is 2. The largest absolute Gasteiger partial charge is 0.496 e. The summed E-state index contributed by atoms with van der Waals surface area (Å²) in [5, 5.41) is 17.2. The van der Waals surface area contributed by atoms with Gasteiger partial charge in [0.2, 0.25) is 11.8 Å². The van der Waals surface area contributed by atoms with Crippen LogP contribution >= 0.6 is 0 Å². The van der Waals surface area contributed by atoms with E-state index in [4.69, 9.17) is 48.4 Å². The van der Waals surface area contributed by atoms with Crippen molar-refractivity contribution in [1.29, 1.82) is 0 Å². The Kier molecular flexibility index (Phi) is 23.2. The average molecular weight is 903 g/mol. The second-order valence-electron chi connectivity index (χ2n) is 15.8. The van der Waals surface area contributed by atoms with Crippen molar-refractivity contribution in [3.05, 3.63) is 59.7 Å². The minimum atomic E-state index is -1.82. The first-order chi connectivity index (χ1) is 30.4. The molecule has 0 saturated carbocycles. The van der Waals surface area contributed by atoms with Gasteiger partial charge in [0.15, 0.2) is 11.1 Å². The molecule has 4 rings (SSSR count). The molecule has 0 aromatic heterocycles. The van der Waals surface area contributed by atoms with E-state index in [-0.39, 0.29) is 25.0 Å². The Morgan fingerprint density at radius 1 is 0.594 bits per heavy atom. The summed E-state index contributed by atoms with van der Waals surface area (Å²) in [5.41, 5.74) is -0.638. The Morgan fingerprint density at radius 3 is 1.16 bits per heavy atom. The van der Waals surface area contributed by atoms with Crippen LogP contribution in [0.3, 0.4) is 0 Å². The topological polar surface area (TPSA) is 211 Å². The number of amides is 2. The monoisotopic (exact) mass is 902 g/mol. The molecule has 2 heterocycles. The predicted octanol–water partition coefficient (Wildman–Crippen LogP) is 5.50. The number of benzene rings is 2. The fourth-order valence-electron chi connectivity index (χ4n) is 8.17. The zero-order chi connectivity index (χ0) is 48.0. The van der Waals surface area contributed by atoms with Crippen molar-refractivity contribution in [2.45, 2.75) is 129 Å². The van der Waals surface area contributed by atoms with E-state index < -0.39 is 35.0 Å².